The van der Waals surface area contributed by atoms with Crippen molar-refractivity contribution in [2.45, 2.75) is 366 Å². The van der Waals surface area contributed by atoms with E-state index in [1.165, 1.54) is 283 Å². The Balaban J connectivity index is 3.44. The Morgan fingerprint density at radius 2 is 0.662 bits per heavy atom. The Bertz CT molecular complexity index is 1110. The zero-order chi connectivity index (χ0) is 51.4. The maximum atomic E-state index is 12.5. The number of unbranched alkanes of at least 4 members (excludes halogenated alkanes) is 47. The second-order valence-electron chi connectivity index (χ2n) is 22.1. The number of aliphatic hydroxyl groups is 2. The van der Waals surface area contributed by atoms with E-state index in [2.05, 4.69) is 31.3 Å². The molecule has 3 N–H and O–H groups in total. The van der Waals surface area contributed by atoms with E-state index < -0.39 is 12.1 Å². The number of esters is 1. The Labute approximate surface area is 443 Å². The lowest BCUT2D eigenvalue weighted by atomic mass is 10.0. The third-order valence-corrected chi connectivity index (χ3v) is 15.0. The third-order valence-electron chi connectivity index (χ3n) is 15.0. The van der Waals surface area contributed by atoms with Crippen LogP contribution in [0.4, 0.5) is 0 Å². The molecular weight excluding hydrogens is 875 g/mol. The fraction of sp³-hybridized carbons (Fsp3) is 0.908. The van der Waals surface area contributed by atoms with E-state index in [-0.39, 0.29) is 18.5 Å². The van der Waals surface area contributed by atoms with Gasteiger partial charge in [-0.1, -0.05) is 308 Å². The van der Waals surface area contributed by atoms with Gasteiger partial charge in [-0.3, -0.25) is 9.59 Å². The fourth-order valence-electron chi connectivity index (χ4n) is 10.0. The number of ether oxygens (including phenoxy) is 1. The van der Waals surface area contributed by atoms with Crippen molar-refractivity contribution >= 4 is 11.9 Å². The molecular formula is C65H125NO5. The molecule has 6 heteroatoms. The van der Waals surface area contributed by atoms with Gasteiger partial charge in [-0.05, 0) is 57.8 Å². The highest BCUT2D eigenvalue weighted by Gasteiger charge is 2.18. The van der Waals surface area contributed by atoms with Gasteiger partial charge in [-0.25, -0.2) is 0 Å². The van der Waals surface area contributed by atoms with E-state index >= 15 is 0 Å². The molecule has 1 amide bonds. The number of carbonyl (C=O) groups is 2. The van der Waals surface area contributed by atoms with Gasteiger partial charge in [0.2, 0.25) is 5.91 Å². The van der Waals surface area contributed by atoms with Crippen LogP contribution in [0.15, 0.2) is 24.3 Å². The summed E-state index contributed by atoms with van der Waals surface area (Å²) < 4.78 is 5.50. The summed E-state index contributed by atoms with van der Waals surface area (Å²) in [6.45, 7) is 4.92. The third kappa shape index (κ3) is 57.5. The summed E-state index contributed by atoms with van der Waals surface area (Å²) in [4.78, 5) is 24.6. The lowest BCUT2D eigenvalue weighted by molar-refractivity contribution is -0.143. The van der Waals surface area contributed by atoms with Crippen LogP contribution in [-0.2, 0) is 14.3 Å². The predicted molar refractivity (Wildman–Crippen MR) is 310 cm³/mol. The first-order valence-electron chi connectivity index (χ1n) is 32.1. The topological polar surface area (TPSA) is 95.9 Å². The Morgan fingerprint density at radius 1 is 0.380 bits per heavy atom. The molecule has 0 radical (unpaired) electrons. The van der Waals surface area contributed by atoms with Gasteiger partial charge in [0.1, 0.15) is 0 Å². The second kappa shape index (κ2) is 60.9. The van der Waals surface area contributed by atoms with Gasteiger partial charge in [0, 0.05) is 12.8 Å². The van der Waals surface area contributed by atoms with E-state index in [1.807, 2.05) is 6.08 Å². The molecule has 0 spiro atoms. The highest BCUT2D eigenvalue weighted by molar-refractivity contribution is 5.76. The molecule has 71 heavy (non-hydrogen) atoms. The molecule has 2 atom stereocenters. The van der Waals surface area contributed by atoms with Crippen LogP contribution < -0.4 is 5.32 Å². The minimum Gasteiger partial charge on any atom is -0.466 e. The lowest BCUT2D eigenvalue weighted by Gasteiger charge is -2.20. The van der Waals surface area contributed by atoms with Crippen molar-refractivity contribution in [1.29, 1.82) is 0 Å². The van der Waals surface area contributed by atoms with Crippen LogP contribution in [0.5, 0.6) is 0 Å². The van der Waals surface area contributed by atoms with Gasteiger partial charge >= 0.3 is 5.97 Å². The molecule has 0 fully saturated rings. The molecule has 0 bridgehead atoms. The largest absolute Gasteiger partial charge is 0.466 e. The van der Waals surface area contributed by atoms with Crippen molar-refractivity contribution in [2.75, 3.05) is 13.2 Å². The smallest absolute Gasteiger partial charge is 0.305 e. The van der Waals surface area contributed by atoms with Crippen molar-refractivity contribution in [2.24, 2.45) is 0 Å². The molecule has 420 valence electrons. The van der Waals surface area contributed by atoms with Crippen molar-refractivity contribution in [1.82, 2.24) is 5.32 Å². The molecule has 0 aliphatic heterocycles. The van der Waals surface area contributed by atoms with Crippen molar-refractivity contribution in [3.8, 4) is 0 Å². The van der Waals surface area contributed by atoms with Crippen LogP contribution in [0, 0.1) is 0 Å². The van der Waals surface area contributed by atoms with Crippen molar-refractivity contribution in [3.05, 3.63) is 24.3 Å². The molecule has 0 saturated carbocycles. The molecule has 6 nitrogen and oxygen atoms in total. The lowest BCUT2D eigenvalue weighted by Crippen LogP contribution is -2.45. The average Bonchev–Trinajstić information content (AvgIpc) is 3.37. The summed E-state index contributed by atoms with van der Waals surface area (Å²) in [5.74, 6) is -0.0670. The van der Waals surface area contributed by atoms with Crippen LogP contribution in [0.1, 0.15) is 354 Å². The highest BCUT2D eigenvalue weighted by Crippen LogP contribution is 2.18. The summed E-state index contributed by atoms with van der Waals surface area (Å²) in [6, 6.07) is -0.635. The SMILES string of the molecule is CCCCCCCCCCCCCCCCC/C=C/C(O)C(CO)NC(=O)CCCCCCCCC/C=C\CCCCCCCCCCOC(=O)CCCCCCCCCCCCCCCCCCCC. The Morgan fingerprint density at radius 3 is 1.00 bits per heavy atom. The first-order chi connectivity index (χ1) is 35.0. The number of aliphatic hydroxyl groups excluding tert-OH is 2. The quantitative estimate of drug-likeness (QED) is 0.0320. The monoisotopic (exact) mass is 1000 g/mol. The number of amides is 1. The standard InChI is InChI=1S/C65H125NO5/c1-3-5-7-9-11-13-15-17-19-21-27-31-35-39-43-47-51-55-59-65(70)71-60-56-52-48-44-40-36-32-28-24-22-23-26-30-34-38-42-46-50-54-58-64(69)66-62(61-67)63(68)57-53-49-45-41-37-33-29-25-20-18-16-14-12-10-8-6-4-2/h22-23,53,57,62-63,67-68H,3-21,24-52,54-56,58-61H2,1-2H3,(H,66,69)/b23-22-,57-53+. The molecule has 0 heterocycles. The number of rotatable bonds is 60. The molecule has 0 aromatic rings. The van der Waals surface area contributed by atoms with E-state index in [0.29, 0.717) is 19.4 Å². The van der Waals surface area contributed by atoms with Crippen molar-refractivity contribution in [3.63, 3.8) is 0 Å². The van der Waals surface area contributed by atoms with Gasteiger partial charge in [-0.2, -0.15) is 0 Å². The van der Waals surface area contributed by atoms with Crippen LogP contribution >= 0.6 is 0 Å². The van der Waals surface area contributed by atoms with E-state index in [1.54, 1.807) is 6.08 Å². The Kier molecular flexibility index (Phi) is 59.5. The summed E-state index contributed by atoms with van der Waals surface area (Å²) in [5.41, 5.74) is 0. The van der Waals surface area contributed by atoms with Crippen LogP contribution in [-0.4, -0.2) is 47.4 Å². The predicted octanol–water partition coefficient (Wildman–Crippen LogP) is 20.2. The molecule has 0 aromatic carbocycles. The minimum atomic E-state index is -0.851. The zero-order valence-corrected chi connectivity index (χ0v) is 48.0. The zero-order valence-electron chi connectivity index (χ0n) is 48.0. The normalized spacial score (nSPS) is 12.7. The maximum absolute atomic E-state index is 12.5. The first-order valence-corrected chi connectivity index (χ1v) is 32.1. The highest BCUT2D eigenvalue weighted by atomic mass is 16.5. The maximum Gasteiger partial charge on any atom is 0.305 e. The van der Waals surface area contributed by atoms with Crippen LogP contribution in [0.3, 0.4) is 0 Å². The number of allylic oxidation sites excluding steroid dienone is 3. The Hall–Kier alpha value is -1.66. The average molecular weight is 1000 g/mol. The minimum absolute atomic E-state index is 0.00809. The van der Waals surface area contributed by atoms with Gasteiger partial charge in [0.05, 0.1) is 25.4 Å². The molecule has 2 unspecified atom stereocenters. The molecule has 0 rings (SSSR count). The van der Waals surface area contributed by atoms with E-state index in [0.717, 1.165) is 44.9 Å². The molecule has 0 aliphatic carbocycles. The molecule has 0 saturated heterocycles. The van der Waals surface area contributed by atoms with Crippen LogP contribution in [0.2, 0.25) is 0 Å². The van der Waals surface area contributed by atoms with Gasteiger partial charge in [-0.15, -0.1) is 0 Å². The number of hydrogen-bond acceptors (Lipinski definition) is 5. The molecule has 0 aliphatic rings. The molecule has 0 aromatic heterocycles. The van der Waals surface area contributed by atoms with Gasteiger partial charge < -0.3 is 20.3 Å². The van der Waals surface area contributed by atoms with E-state index in [9.17, 15) is 19.8 Å². The second-order valence-corrected chi connectivity index (χ2v) is 22.1. The van der Waals surface area contributed by atoms with Gasteiger partial charge in [0.25, 0.3) is 0 Å². The number of nitrogens with one attached hydrogen (secondary N) is 1. The summed E-state index contributed by atoms with van der Waals surface area (Å²) in [6.07, 6.45) is 75.1. The first kappa shape index (κ1) is 69.3. The van der Waals surface area contributed by atoms with Crippen LogP contribution in [0.25, 0.3) is 0 Å². The summed E-state index contributed by atoms with van der Waals surface area (Å²) >= 11 is 0. The van der Waals surface area contributed by atoms with E-state index in [4.69, 9.17) is 4.74 Å². The summed E-state index contributed by atoms with van der Waals surface area (Å²) in [5, 5.41) is 23.2. The number of hydrogen-bond donors (Lipinski definition) is 3. The van der Waals surface area contributed by atoms with Gasteiger partial charge in [0.15, 0.2) is 0 Å². The summed E-state index contributed by atoms with van der Waals surface area (Å²) in [7, 11) is 0. The van der Waals surface area contributed by atoms with Crippen molar-refractivity contribution < 1.29 is 24.5 Å². The number of carbonyl (C=O) groups excluding carboxylic acids is 2. The fourth-order valence-corrected chi connectivity index (χ4v) is 10.0.